The molecule has 3 rings (SSSR count). The third-order valence-electron chi connectivity index (χ3n) is 5.11. The third-order valence-corrected chi connectivity index (χ3v) is 5.35. The average Bonchev–Trinajstić information content (AvgIpc) is 2.83. The number of ketones is 2. The number of anilines is 1. The summed E-state index contributed by atoms with van der Waals surface area (Å²) in [5.41, 5.74) is 1.46. The summed E-state index contributed by atoms with van der Waals surface area (Å²) in [4.78, 5) is 38.8. The van der Waals surface area contributed by atoms with Crippen LogP contribution in [0.5, 0.6) is 11.5 Å². The van der Waals surface area contributed by atoms with Gasteiger partial charge in [0.25, 0.3) is 0 Å². The van der Waals surface area contributed by atoms with Gasteiger partial charge in [0, 0.05) is 29.1 Å². The molecule has 0 unspecified atom stereocenters. The van der Waals surface area contributed by atoms with Gasteiger partial charge < -0.3 is 14.8 Å². The van der Waals surface area contributed by atoms with Crippen LogP contribution < -0.4 is 14.8 Å². The quantitative estimate of drug-likeness (QED) is 0.324. The molecule has 1 atom stereocenters. The van der Waals surface area contributed by atoms with Gasteiger partial charge in [0.05, 0.1) is 14.2 Å². The highest BCUT2D eigenvalue weighted by Gasteiger charge is 2.29. The van der Waals surface area contributed by atoms with Gasteiger partial charge in [0.1, 0.15) is 23.2 Å². The predicted molar refractivity (Wildman–Crippen MR) is 127 cm³/mol. The number of Topliss-reactive ketones (excluding diaryl/α,β-unsaturated/α-hetero) is 2. The molecule has 3 aromatic carbocycles. The molecule has 0 aromatic heterocycles. The van der Waals surface area contributed by atoms with E-state index in [0.29, 0.717) is 33.3 Å². The zero-order valence-corrected chi connectivity index (χ0v) is 19.1. The third kappa shape index (κ3) is 6.43. The van der Waals surface area contributed by atoms with Crippen LogP contribution >= 0.6 is 11.6 Å². The molecule has 0 bridgehead atoms. The highest BCUT2D eigenvalue weighted by Crippen LogP contribution is 2.27. The Morgan fingerprint density at radius 2 is 1.45 bits per heavy atom. The maximum atomic E-state index is 13.3. The van der Waals surface area contributed by atoms with Crippen molar-refractivity contribution < 1.29 is 23.9 Å². The van der Waals surface area contributed by atoms with E-state index in [0.717, 1.165) is 0 Å². The first kappa shape index (κ1) is 24.0. The van der Waals surface area contributed by atoms with E-state index >= 15 is 0 Å². The van der Waals surface area contributed by atoms with E-state index < -0.39 is 5.92 Å². The van der Waals surface area contributed by atoms with Crippen LogP contribution in [-0.2, 0) is 9.59 Å². The molecule has 0 aliphatic rings. The van der Waals surface area contributed by atoms with Gasteiger partial charge in [-0.1, -0.05) is 29.8 Å². The van der Waals surface area contributed by atoms with Crippen LogP contribution in [0, 0.1) is 0 Å². The Bertz CT molecular complexity index is 1130. The van der Waals surface area contributed by atoms with Crippen molar-refractivity contribution >= 4 is 34.8 Å². The standard InChI is InChI=1S/C26H24ClNO5/c1-32-21-10-6-17(7-11-21)25(26(31)18-8-12-22(33-2)13-9-18)23(29)14-15-24(30)28-20-5-3-4-19(27)16-20/h3-13,16,25H,14-15H2,1-2H3,(H,28,30)/t25-/m0/s1. The SMILES string of the molecule is COc1ccc(C(=O)[C@H](C(=O)CCC(=O)Nc2cccc(Cl)c2)c2ccc(OC)cc2)cc1. The molecule has 1 N–H and O–H groups in total. The number of halogens is 1. The minimum Gasteiger partial charge on any atom is -0.497 e. The summed E-state index contributed by atoms with van der Waals surface area (Å²) in [6, 6.07) is 20.1. The summed E-state index contributed by atoms with van der Waals surface area (Å²) in [6.45, 7) is 0. The second-order valence-corrected chi connectivity index (χ2v) is 7.76. The molecule has 33 heavy (non-hydrogen) atoms. The van der Waals surface area contributed by atoms with Crippen molar-refractivity contribution in [2.24, 2.45) is 0 Å². The lowest BCUT2D eigenvalue weighted by Gasteiger charge is -2.16. The second-order valence-electron chi connectivity index (χ2n) is 7.32. The van der Waals surface area contributed by atoms with Crippen LogP contribution in [-0.4, -0.2) is 31.7 Å². The van der Waals surface area contributed by atoms with Crippen molar-refractivity contribution in [2.75, 3.05) is 19.5 Å². The number of carbonyl (C=O) groups excluding carboxylic acids is 3. The first-order valence-electron chi connectivity index (χ1n) is 10.3. The number of nitrogens with one attached hydrogen (secondary N) is 1. The molecule has 3 aromatic rings. The zero-order valence-electron chi connectivity index (χ0n) is 18.3. The molecule has 0 aliphatic heterocycles. The fourth-order valence-corrected chi connectivity index (χ4v) is 3.56. The van der Waals surface area contributed by atoms with Crippen LogP contribution in [0.2, 0.25) is 5.02 Å². The Morgan fingerprint density at radius 3 is 2.03 bits per heavy atom. The molecular weight excluding hydrogens is 442 g/mol. The van der Waals surface area contributed by atoms with E-state index in [1.165, 1.54) is 7.11 Å². The Hall–Kier alpha value is -3.64. The monoisotopic (exact) mass is 465 g/mol. The minimum absolute atomic E-state index is 0.0616. The summed E-state index contributed by atoms with van der Waals surface area (Å²) < 4.78 is 10.3. The normalized spacial score (nSPS) is 11.4. The molecule has 170 valence electrons. The Labute approximate surface area is 197 Å². The Morgan fingerprint density at radius 1 is 0.848 bits per heavy atom. The largest absolute Gasteiger partial charge is 0.497 e. The van der Waals surface area contributed by atoms with Gasteiger partial charge in [-0.25, -0.2) is 0 Å². The van der Waals surface area contributed by atoms with Crippen LogP contribution in [0.1, 0.15) is 34.7 Å². The second kappa shape index (κ2) is 11.3. The highest BCUT2D eigenvalue weighted by molar-refractivity contribution is 6.30. The van der Waals surface area contributed by atoms with E-state index in [-0.39, 0.29) is 30.3 Å². The maximum Gasteiger partial charge on any atom is 0.224 e. The Kier molecular flexibility index (Phi) is 8.22. The molecule has 0 saturated carbocycles. The fraction of sp³-hybridized carbons (Fsp3) is 0.192. The lowest BCUT2D eigenvalue weighted by Crippen LogP contribution is -2.24. The molecule has 0 radical (unpaired) electrons. The summed E-state index contributed by atoms with van der Waals surface area (Å²) in [5.74, 6) is -0.844. The summed E-state index contributed by atoms with van der Waals surface area (Å²) in [6.07, 6.45) is -0.154. The topological polar surface area (TPSA) is 81.7 Å². The highest BCUT2D eigenvalue weighted by atomic mass is 35.5. The van der Waals surface area contributed by atoms with Gasteiger partial charge in [-0.2, -0.15) is 0 Å². The molecule has 0 spiro atoms. The molecule has 0 aliphatic carbocycles. The number of ether oxygens (including phenoxy) is 2. The van der Waals surface area contributed by atoms with Gasteiger partial charge >= 0.3 is 0 Å². The van der Waals surface area contributed by atoms with E-state index in [1.54, 1.807) is 79.9 Å². The summed E-state index contributed by atoms with van der Waals surface area (Å²) in [5, 5.41) is 3.21. The van der Waals surface area contributed by atoms with Gasteiger partial charge in [0.2, 0.25) is 5.91 Å². The molecule has 1 amide bonds. The maximum absolute atomic E-state index is 13.3. The van der Waals surface area contributed by atoms with Crippen molar-refractivity contribution in [1.82, 2.24) is 0 Å². The van der Waals surface area contributed by atoms with E-state index in [4.69, 9.17) is 21.1 Å². The Balaban J connectivity index is 1.77. The lowest BCUT2D eigenvalue weighted by atomic mass is 9.85. The van der Waals surface area contributed by atoms with Crippen LogP contribution in [0.15, 0.2) is 72.8 Å². The average molecular weight is 466 g/mol. The van der Waals surface area contributed by atoms with Crippen molar-refractivity contribution in [1.29, 1.82) is 0 Å². The number of carbonyl (C=O) groups is 3. The van der Waals surface area contributed by atoms with Crippen molar-refractivity contribution in [3.05, 3.63) is 88.9 Å². The van der Waals surface area contributed by atoms with Gasteiger partial charge in [-0.15, -0.1) is 0 Å². The molecule has 7 heteroatoms. The van der Waals surface area contributed by atoms with E-state index in [9.17, 15) is 14.4 Å². The number of methoxy groups -OCH3 is 2. The molecular formula is C26H24ClNO5. The smallest absolute Gasteiger partial charge is 0.224 e. The van der Waals surface area contributed by atoms with Crippen LogP contribution in [0.25, 0.3) is 0 Å². The lowest BCUT2D eigenvalue weighted by molar-refractivity contribution is -0.123. The zero-order chi connectivity index (χ0) is 23.8. The number of hydrogen-bond acceptors (Lipinski definition) is 5. The van der Waals surface area contributed by atoms with E-state index in [1.807, 2.05) is 0 Å². The number of amides is 1. The van der Waals surface area contributed by atoms with Crippen LogP contribution in [0.4, 0.5) is 5.69 Å². The van der Waals surface area contributed by atoms with Crippen LogP contribution in [0.3, 0.4) is 0 Å². The first-order chi connectivity index (χ1) is 15.9. The minimum atomic E-state index is -1.04. The van der Waals surface area contributed by atoms with Gasteiger partial charge in [-0.3, -0.25) is 14.4 Å². The molecule has 0 heterocycles. The van der Waals surface area contributed by atoms with Crippen molar-refractivity contribution in [3.63, 3.8) is 0 Å². The van der Waals surface area contributed by atoms with Gasteiger partial charge in [-0.05, 0) is 60.2 Å². The number of hydrogen-bond donors (Lipinski definition) is 1. The molecule has 0 saturated heterocycles. The predicted octanol–water partition coefficient (Wildman–Crippen LogP) is 5.31. The summed E-state index contributed by atoms with van der Waals surface area (Å²) in [7, 11) is 3.08. The van der Waals surface area contributed by atoms with Gasteiger partial charge in [0.15, 0.2) is 5.78 Å². The first-order valence-corrected chi connectivity index (χ1v) is 10.7. The number of benzene rings is 3. The van der Waals surface area contributed by atoms with Crippen molar-refractivity contribution in [2.45, 2.75) is 18.8 Å². The molecule has 6 nitrogen and oxygen atoms in total. The fourth-order valence-electron chi connectivity index (χ4n) is 3.37. The van der Waals surface area contributed by atoms with E-state index in [2.05, 4.69) is 5.32 Å². The molecule has 0 fully saturated rings. The summed E-state index contributed by atoms with van der Waals surface area (Å²) >= 11 is 5.94. The van der Waals surface area contributed by atoms with Crippen molar-refractivity contribution in [3.8, 4) is 11.5 Å². The number of rotatable bonds is 10.